The third kappa shape index (κ3) is 5.14. The van der Waals surface area contributed by atoms with Gasteiger partial charge >= 0.3 is 0 Å². The summed E-state index contributed by atoms with van der Waals surface area (Å²) in [6.45, 7) is 11.6. The molecule has 1 unspecified atom stereocenters. The number of rotatable bonds is 7. The summed E-state index contributed by atoms with van der Waals surface area (Å²) in [6, 6.07) is 8.75. The molecule has 0 aliphatic carbocycles. The van der Waals surface area contributed by atoms with Gasteiger partial charge in [0.25, 0.3) is 0 Å². The van der Waals surface area contributed by atoms with Gasteiger partial charge in [-0.15, -0.1) is 0 Å². The molecule has 3 heteroatoms. The number of para-hydroxylation sites is 1. The standard InChI is InChI=1S/C17H30N2O/c1-14(17(2,3)4)19(6)11-12-20-16-10-8-7-9-15(16)13-18-5/h7-10,14,18H,11-13H2,1-6H3. The molecule has 114 valence electrons. The maximum atomic E-state index is 5.94. The molecule has 0 aliphatic rings. The van der Waals surface area contributed by atoms with Crippen molar-refractivity contribution in [2.45, 2.75) is 40.3 Å². The third-order valence-electron chi connectivity index (χ3n) is 3.96. The van der Waals surface area contributed by atoms with Gasteiger partial charge < -0.3 is 10.1 Å². The first-order chi connectivity index (χ1) is 9.36. The van der Waals surface area contributed by atoms with E-state index in [1.54, 1.807) is 0 Å². The molecule has 0 spiro atoms. The quantitative estimate of drug-likeness (QED) is 0.829. The molecule has 0 aliphatic heterocycles. The van der Waals surface area contributed by atoms with Crippen molar-refractivity contribution in [3.05, 3.63) is 29.8 Å². The molecule has 0 bridgehead atoms. The fourth-order valence-corrected chi connectivity index (χ4v) is 2.14. The van der Waals surface area contributed by atoms with Crippen molar-refractivity contribution >= 4 is 0 Å². The van der Waals surface area contributed by atoms with Crippen molar-refractivity contribution < 1.29 is 4.74 Å². The summed E-state index contributed by atoms with van der Waals surface area (Å²) in [4.78, 5) is 2.36. The number of ether oxygens (including phenoxy) is 1. The Balaban J connectivity index is 2.48. The molecule has 0 saturated carbocycles. The van der Waals surface area contributed by atoms with E-state index in [9.17, 15) is 0 Å². The van der Waals surface area contributed by atoms with Crippen LogP contribution < -0.4 is 10.1 Å². The zero-order valence-electron chi connectivity index (χ0n) is 13.9. The smallest absolute Gasteiger partial charge is 0.123 e. The van der Waals surface area contributed by atoms with Crippen molar-refractivity contribution in [3.8, 4) is 5.75 Å². The van der Waals surface area contributed by atoms with Crippen LogP contribution in [0.4, 0.5) is 0 Å². The number of nitrogens with zero attached hydrogens (tertiary/aromatic N) is 1. The average molecular weight is 278 g/mol. The van der Waals surface area contributed by atoms with Gasteiger partial charge in [0, 0.05) is 24.7 Å². The Kier molecular flexibility index (Phi) is 6.50. The van der Waals surface area contributed by atoms with Crippen LogP contribution in [0.2, 0.25) is 0 Å². The van der Waals surface area contributed by atoms with Crippen LogP contribution in [0.1, 0.15) is 33.3 Å². The Morgan fingerprint density at radius 3 is 2.50 bits per heavy atom. The first-order valence-electron chi connectivity index (χ1n) is 7.41. The van der Waals surface area contributed by atoms with E-state index < -0.39 is 0 Å². The molecular formula is C17H30N2O. The molecule has 0 amide bonds. The Labute approximate surface area is 124 Å². The summed E-state index contributed by atoms with van der Waals surface area (Å²) in [5.41, 5.74) is 1.50. The van der Waals surface area contributed by atoms with Crippen LogP contribution in [0.25, 0.3) is 0 Å². The molecule has 1 N–H and O–H groups in total. The molecule has 1 aromatic rings. The predicted octanol–water partition coefficient (Wildman–Crippen LogP) is 3.15. The minimum atomic E-state index is 0.290. The lowest BCUT2D eigenvalue weighted by Gasteiger charge is -2.35. The fraction of sp³-hybridized carbons (Fsp3) is 0.647. The van der Waals surface area contributed by atoms with Gasteiger partial charge in [-0.2, -0.15) is 0 Å². The minimum Gasteiger partial charge on any atom is -0.492 e. The van der Waals surface area contributed by atoms with Crippen LogP contribution in [0.15, 0.2) is 24.3 Å². The zero-order chi connectivity index (χ0) is 15.2. The fourth-order valence-electron chi connectivity index (χ4n) is 2.14. The topological polar surface area (TPSA) is 24.5 Å². The van der Waals surface area contributed by atoms with Gasteiger partial charge in [0.15, 0.2) is 0 Å². The van der Waals surface area contributed by atoms with Gasteiger partial charge in [0.1, 0.15) is 12.4 Å². The highest BCUT2D eigenvalue weighted by atomic mass is 16.5. The molecule has 0 saturated heterocycles. The van der Waals surface area contributed by atoms with Crippen LogP contribution in [-0.4, -0.2) is 38.2 Å². The van der Waals surface area contributed by atoms with E-state index in [-0.39, 0.29) is 0 Å². The lowest BCUT2D eigenvalue weighted by Crippen LogP contribution is -2.41. The number of nitrogens with one attached hydrogen (secondary N) is 1. The number of hydrogen-bond acceptors (Lipinski definition) is 3. The summed E-state index contributed by atoms with van der Waals surface area (Å²) in [5.74, 6) is 0.985. The summed E-state index contributed by atoms with van der Waals surface area (Å²) >= 11 is 0. The third-order valence-corrected chi connectivity index (χ3v) is 3.96. The molecule has 1 rings (SSSR count). The first kappa shape index (κ1) is 17.0. The van der Waals surface area contributed by atoms with Crippen LogP contribution in [-0.2, 0) is 6.54 Å². The highest BCUT2D eigenvalue weighted by Crippen LogP contribution is 2.23. The van der Waals surface area contributed by atoms with Crippen molar-refractivity contribution in [1.82, 2.24) is 10.2 Å². The van der Waals surface area contributed by atoms with E-state index in [1.165, 1.54) is 5.56 Å². The number of likely N-dealkylation sites (N-methyl/N-ethyl adjacent to an activating group) is 1. The molecular weight excluding hydrogens is 248 g/mol. The monoisotopic (exact) mass is 278 g/mol. The summed E-state index contributed by atoms with van der Waals surface area (Å²) in [5, 5.41) is 3.17. The van der Waals surface area contributed by atoms with E-state index in [0.29, 0.717) is 11.5 Å². The maximum absolute atomic E-state index is 5.94. The molecule has 0 fully saturated rings. The summed E-state index contributed by atoms with van der Waals surface area (Å²) < 4.78 is 5.94. The van der Waals surface area contributed by atoms with Crippen molar-refractivity contribution in [1.29, 1.82) is 0 Å². The Morgan fingerprint density at radius 2 is 1.90 bits per heavy atom. The van der Waals surface area contributed by atoms with Gasteiger partial charge in [0.05, 0.1) is 0 Å². The maximum Gasteiger partial charge on any atom is 0.123 e. The van der Waals surface area contributed by atoms with E-state index >= 15 is 0 Å². The van der Waals surface area contributed by atoms with Crippen molar-refractivity contribution in [3.63, 3.8) is 0 Å². The van der Waals surface area contributed by atoms with E-state index in [1.807, 2.05) is 25.2 Å². The second-order valence-electron chi connectivity index (χ2n) is 6.51. The van der Waals surface area contributed by atoms with Crippen LogP contribution in [0.3, 0.4) is 0 Å². The average Bonchev–Trinajstić information content (AvgIpc) is 2.39. The molecule has 20 heavy (non-hydrogen) atoms. The lowest BCUT2D eigenvalue weighted by atomic mass is 9.87. The van der Waals surface area contributed by atoms with Crippen molar-refractivity contribution in [2.24, 2.45) is 5.41 Å². The van der Waals surface area contributed by atoms with Crippen LogP contribution in [0, 0.1) is 5.41 Å². The Bertz CT molecular complexity index is 398. The van der Waals surface area contributed by atoms with Crippen LogP contribution in [0.5, 0.6) is 5.75 Å². The largest absolute Gasteiger partial charge is 0.492 e. The van der Waals surface area contributed by atoms with Gasteiger partial charge in [0.2, 0.25) is 0 Å². The lowest BCUT2D eigenvalue weighted by molar-refractivity contribution is 0.121. The van der Waals surface area contributed by atoms with Gasteiger partial charge in [-0.25, -0.2) is 0 Å². The molecule has 0 heterocycles. The summed E-state index contributed by atoms with van der Waals surface area (Å²) in [6.07, 6.45) is 0. The van der Waals surface area contributed by atoms with Gasteiger partial charge in [-0.05, 0) is 32.5 Å². The molecule has 3 nitrogen and oxygen atoms in total. The van der Waals surface area contributed by atoms with Gasteiger partial charge in [-0.3, -0.25) is 4.90 Å². The highest BCUT2D eigenvalue weighted by Gasteiger charge is 2.23. The predicted molar refractivity (Wildman–Crippen MR) is 86.2 cm³/mol. The second-order valence-corrected chi connectivity index (χ2v) is 6.51. The molecule has 0 aromatic heterocycles. The number of benzene rings is 1. The zero-order valence-corrected chi connectivity index (χ0v) is 13.9. The van der Waals surface area contributed by atoms with Crippen molar-refractivity contribution in [2.75, 3.05) is 27.2 Å². The normalized spacial score (nSPS) is 13.6. The van der Waals surface area contributed by atoms with Gasteiger partial charge in [-0.1, -0.05) is 39.0 Å². The van der Waals surface area contributed by atoms with E-state index in [0.717, 1.165) is 25.4 Å². The number of hydrogen-bond donors (Lipinski definition) is 1. The first-order valence-corrected chi connectivity index (χ1v) is 7.41. The molecule has 1 aromatic carbocycles. The molecule has 1 atom stereocenters. The Hall–Kier alpha value is -1.06. The summed E-state index contributed by atoms with van der Waals surface area (Å²) in [7, 11) is 4.12. The Morgan fingerprint density at radius 1 is 1.25 bits per heavy atom. The minimum absolute atomic E-state index is 0.290. The molecule has 0 radical (unpaired) electrons. The van der Waals surface area contributed by atoms with Crippen LogP contribution >= 0.6 is 0 Å². The SMILES string of the molecule is CNCc1ccccc1OCCN(C)C(C)C(C)(C)C. The van der Waals surface area contributed by atoms with E-state index in [4.69, 9.17) is 4.74 Å². The second kappa shape index (κ2) is 7.65. The highest BCUT2D eigenvalue weighted by molar-refractivity contribution is 5.33. The van der Waals surface area contributed by atoms with E-state index in [2.05, 4.69) is 51.0 Å².